The van der Waals surface area contributed by atoms with Crippen molar-refractivity contribution in [2.75, 3.05) is 25.9 Å². The second-order valence-corrected chi connectivity index (χ2v) is 4.61. The molecular formula is C13H14F2N2O3. The first-order valence-electron chi connectivity index (χ1n) is 6.05. The molecule has 5 nitrogen and oxygen atoms in total. The first kappa shape index (κ1) is 14.2. The van der Waals surface area contributed by atoms with Gasteiger partial charge >= 0.3 is 5.97 Å². The number of esters is 1. The largest absolute Gasteiger partial charge is 0.469 e. The van der Waals surface area contributed by atoms with Crippen LogP contribution in [0.15, 0.2) is 12.1 Å². The van der Waals surface area contributed by atoms with E-state index in [0.717, 1.165) is 6.07 Å². The van der Waals surface area contributed by atoms with Crippen molar-refractivity contribution >= 4 is 17.6 Å². The summed E-state index contributed by atoms with van der Waals surface area (Å²) in [6.07, 6.45) is 0.455. The van der Waals surface area contributed by atoms with Gasteiger partial charge in [0.05, 0.1) is 24.3 Å². The van der Waals surface area contributed by atoms with Gasteiger partial charge in [0.25, 0.3) is 5.91 Å². The van der Waals surface area contributed by atoms with E-state index < -0.39 is 29.4 Å². The summed E-state index contributed by atoms with van der Waals surface area (Å²) in [7, 11) is 1.27. The van der Waals surface area contributed by atoms with Crippen molar-refractivity contribution in [1.82, 2.24) is 4.90 Å². The average molecular weight is 284 g/mol. The summed E-state index contributed by atoms with van der Waals surface area (Å²) in [5, 5.41) is 0. The zero-order valence-corrected chi connectivity index (χ0v) is 10.9. The van der Waals surface area contributed by atoms with Crippen molar-refractivity contribution in [3.05, 3.63) is 29.3 Å². The Kier molecular flexibility index (Phi) is 3.87. The van der Waals surface area contributed by atoms with Crippen LogP contribution >= 0.6 is 0 Å². The Hall–Kier alpha value is -2.18. The number of hydrogen-bond acceptors (Lipinski definition) is 4. The summed E-state index contributed by atoms with van der Waals surface area (Å²) in [4.78, 5) is 24.9. The Morgan fingerprint density at radius 3 is 2.70 bits per heavy atom. The minimum absolute atomic E-state index is 0.155. The molecule has 1 heterocycles. The van der Waals surface area contributed by atoms with Crippen molar-refractivity contribution in [2.24, 2.45) is 5.92 Å². The molecule has 0 radical (unpaired) electrons. The van der Waals surface area contributed by atoms with Crippen LogP contribution in [0, 0.1) is 17.6 Å². The lowest BCUT2D eigenvalue weighted by atomic mass is 10.1. The third-order valence-electron chi connectivity index (χ3n) is 3.33. The Bertz CT molecular complexity index is 563. The molecule has 1 aliphatic rings. The van der Waals surface area contributed by atoms with Crippen LogP contribution in [0.3, 0.4) is 0 Å². The molecule has 1 amide bonds. The number of carbonyl (C=O) groups is 2. The highest BCUT2D eigenvalue weighted by molar-refractivity contribution is 5.96. The highest BCUT2D eigenvalue weighted by Crippen LogP contribution is 2.23. The van der Waals surface area contributed by atoms with Gasteiger partial charge in [0.1, 0.15) is 11.6 Å². The van der Waals surface area contributed by atoms with Crippen molar-refractivity contribution in [1.29, 1.82) is 0 Å². The number of anilines is 1. The standard InChI is InChI=1S/C13H14F2N2O3/c1-20-13(19)7-2-3-17(6-7)12(18)8-4-11(16)10(15)5-9(8)14/h4-5,7H,2-3,6,16H2,1H3. The number of nitrogens with two attached hydrogens (primary N) is 1. The van der Waals surface area contributed by atoms with Gasteiger partial charge in [0.2, 0.25) is 0 Å². The summed E-state index contributed by atoms with van der Waals surface area (Å²) >= 11 is 0. The second kappa shape index (κ2) is 5.44. The van der Waals surface area contributed by atoms with Crippen LogP contribution in [0.25, 0.3) is 0 Å². The van der Waals surface area contributed by atoms with Crippen LogP contribution in [0.2, 0.25) is 0 Å². The lowest BCUT2D eigenvalue weighted by Gasteiger charge is -2.17. The maximum absolute atomic E-state index is 13.6. The molecule has 1 atom stereocenters. The van der Waals surface area contributed by atoms with Crippen LogP contribution < -0.4 is 5.73 Å². The van der Waals surface area contributed by atoms with E-state index in [1.165, 1.54) is 12.0 Å². The quantitative estimate of drug-likeness (QED) is 0.654. The molecule has 7 heteroatoms. The average Bonchev–Trinajstić information content (AvgIpc) is 2.91. The Morgan fingerprint density at radius 2 is 2.05 bits per heavy atom. The molecule has 0 spiro atoms. The van der Waals surface area contributed by atoms with E-state index in [2.05, 4.69) is 4.74 Å². The molecule has 20 heavy (non-hydrogen) atoms. The number of nitrogens with zero attached hydrogens (tertiary/aromatic N) is 1. The van der Waals surface area contributed by atoms with Gasteiger partial charge in [-0.05, 0) is 12.5 Å². The minimum Gasteiger partial charge on any atom is -0.469 e. The third kappa shape index (κ3) is 2.56. The normalized spacial score (nSPS) is 18.1. The molecule has 0 aromatic heterocycles. The number of rotatable bonds is 2. The van der Waals surface area contributed by atoms with E-state index in [9.17, 15) is 18.4 Å². The van der Waals surface area contributed by atoms with E-state index in [1.807, 2.05) is 0 Å². The fourth-order valence-corrected chi connectivity index (χ4v) is 2.20. The molecule has 1 aromatic rings. The van der Waals surface area contributed by atoms with Gasteiger partial charge in [-0.2, -0.15) is 0 Å². The molecular weight excluding hydrogens is 270 g/mol. The minimum atomic E-state index is -0.969. The molecule has 1 fully saturated rings. The number of nitrogen functional groups attached to an aromatic ring is 1. The molecule has 1 aliphatic heterocycles. The zero-order chi connectivity index (χ0) is 14.9. The monoisotopic (exact) mass is 284 g/mol. The molecule has 2 rings (SSSR count). The number of halogens is 2. The number of methoxy groups -OCH3 is 1. The predicted molar refractivity (Wildman–Crippen MR) is 66.8 cm³/mol. The molecule has 1 aromatic carbocycles. The molecule has 0 bridgehead atoms. The fraction of sp³-hybridized carbons (Fsp3) is 0.385. The number of likely N-dealkylation sites (tertiary alicyclic amines) is 1. The van der Waals surface area contributed by atoms with Crippen molar-refractivity contribution in [3.8, 4) is 0 Å². The Labute approximate surface area is 114 Å². The van der Waals surface area contributed by atoms with Crippen LogP contribution in [-0.4, -0.2) is 37.0 Å². The van der Waals surface area contributed by atoms with E-state index in [-0.39, 0.29) is 17.8 Å². The summed E-state index contributed by atoms with van der Waals surface area (Å²) in [6, 6.07) is 1.55. The summed E-state index contributed by atoms with van der Waals surface area (Å²) < 4.78 is 31.3. The van der Waals surface area contributed by atoms with Gasteiger partial charge in [-0.15, -0.1) is 0 Å². The van der Waals surface area contributed by atoms with Gasteiger partial charge in [-0.3, -0.25) is 9.59 Å². The zero-order valence-electron chi connectivity index (χ0n) is 10.9. The fourth-order valence-electron chi connectivity index (χ4n) is 2.20. The van der Waals surface area contributed by atoms with Gasteiger partial charge in [0, 0.05) is 19.2 Å². The molecule has 1 unspecified atom stereocenters. The topological polar surface area (TPSA) is 72.6 Å². The molecule has 0 saturated carbocycles. The third-order valence-corrected chi connectivity index (χ3v) is 3.33. The summed E-state index contributed by atoms with van der Waals surface area (Å²) in [5.74, 6) is -3.30. The van der Waals surface area contributed by atoms with Gasteiger partial charge in [0.15, 0.2) is 0 Å². The van der Waals surface area contributed by atoms with Gasteiger partial charge in [-0.1, -0.05) is 0 Å². The molecule has 108 valence electrons. The smallest absolute Gasteiger partial charge is 0.310 e. The number of ether oxygens (including phenoxy) is 1. The highest BCUT2D eigenvalue weighted by Gasteiger charge is 2.33. The first-order valence-corrected chi connectivity index (χ1v) is 6.05. The van der Waals surface area contributed by atoms with Crippen LogP contribution in [0.4, 0.5) is 14.5 Å². The Balaban J connectivity index is 2.17. The molecule has 0 aliphatic carbocycles. The van der Waals surface area contributed by atoms with Crippen molar-refractivity contribution < 1.29 is 23.1 Å². The molecule has 1 saturated heterocycles. The molecule has 2 N–H and O–H groups in total. The number of benzene rings is 1. The number of amides is 1. The maximum atomic E-state index is 13.6. The highest BCUT2D eigenvalue weighted by atomic mass is 19.1. The predicted octanol–water partition coefficient (Wildman–Crippen LogP) is 1.18. The number of carbonyl (C=O) groups excluding carboxylic acids is 2. The first-order chi connectivity index (χ1) is 9.43. The lowest BCUT2D eigenvalue weighted by molar-refractivity contribution is -0.144. The van der Waals surface area contributed by atoms with E-state index in [1.54, 1.807) is 0 Å². The van der Waals surface area contributed by atoms with E-state index in [0.29, 0.717) is 19.0 Å². The van der Waals surface area contributed by atoms with Crippen LogP contribution in [0.1, 0.15) is 16.8 Å². The maximum Gasteiger partial charge on any atom is 0.310 e. The number of hydrogen-bond donors (Lipinski definition) is 1. The van der Waals surface area contributed by atoms with Crippen molar-refractivity contribution in [3.63, 3.8) is 0 Å². The van der Waals surface area contributed by atoms with Crippen molar-refractivity contribution in [2.45, 2.75) is 6.42 Å². The van der Waals surface area contributed by atoms with Crippen LogP contribution in [-0.2, 0) is 9.53 Å². The lowest BCUT2D eigenvalue weighted by Crippen LogP contribution is -2.31. The SMILES string of the molecule is COC(=O)C1CCN(C(=O)c2cc(N)c(F)cc2F)C1. The Morgan fingerprint density at radius 1 is 1.35 bits per heavy atom. The van der Waals surface area contributed by atoms with E-state index in [4.69, 9.17) is 5.73 Å². The van der Waals surface area contributed by atoms with Crippen LogP contribution in [0.5, 0.6) is 0 Å². The summed E-state index contributed by atoms with van der Waals surface area (Å²) in [6.45, 7) is 0.470. The second-order valence-electron chi connectivity index (χ2n) is 4.61. The van der Waals surface area contributed by atoms with Gasteiger partial charge < -0.3 is 15.4 Å². The summed E-state index contributed by atoms with van der Waals surface area (Å²) in [5.41, 5.74) is 4.75. The van der Waals surface area contributed by atoms with Gasteiger partial charge in [-0.25, -0.2) is 8.78 Å². The van der Waals surface area contributed by atoms with E-state index >= 15 is 0 Å².